The lowest BCUT2D eigenvalue weighted by molar-refractivity contribution is 0.0954. The van der Waals surface area contributed by atoms with Crippen LogP contribution in [0.5, 0.6) is 0 Å². The Labute approximate surface area is 100 Å². The van der Waals surface area contributed by atoms with Gasteiger partial charge < -0.3 is 11.1 Å². The zero-order valence-electron chi connectivity index (χ0n) is 10.0. The van der Waals surface area contributed by atoms with E-state index in [2.05, 4.69) is 21.6 Å². The van der Waals surface area contributed by atoms with Gasteiger partial charge in [0.2, 0.25) is 0 Å². The average molecular weight is 234 g/mol. The predicted octanol–water partition coefficient (Wildman–Crippen LogP) is 1.53. The largest absolute Gasteiger partial charge is 0.382 e. The molecule has 0 atom stereocenters. The van der Waals surface area contributed by atoms with E-state index in [9.17, 15) is 4.79 Å². The summed E-state index contributed by atoms with van der Waals surface area (Å²) < 4.78 is 0. The Balaban J connectivity index is 1.85. The number of hydrogen-bond donors (Lipinski definition) is 3. The fourth-order valence-corrected chi connectivity index (χ4v) is 2.12. The van der Waals surface area contributed by atoms with Gasteiger partial charge in [0, 0.05) is 12.2 Å². The molecule has 5 nitrogen and oxygen atoms in total. The summed E-state index contributed by atoms with van der Waals surface area (Å²) in [6.45, 7) is 2.45. The molecular formula is C12H18N4O. The molecule has 92 valence electrons. The van der Waals surface area contributed by atoms with E-state index in [0.29, 0.717) is 17.8 Å². The molecule has 0 aromatic carbocycles. The highest BCUT2D eigenvalue weighted by atomic mass is 16.1. The number of allylic oxidation sites excluding steroid dienone is 1. The van der Waals surface area contributed by atoms with Crippen LogP contribution in [-0.4, -0.2) is 22.6 Å². The van der Waals surface area contributed by atoms with Crippen molar-refractivity contribution in [2.24, 2.45) is 0 Å². The minimum absolute atomic E-state index is 0.146. The van der Waals surface area contributed by atoms with E-state index in [1.165, 1.54) is 24.8 Å². The lowest BCUT2D eigenvalue weighted by atomic mass is 10.1. The summed E-state index contributed by atoms with van der Waals surface area (Å²) in [6, 6.07) is 0. The standard InChI is InChI=1S/C12H18N4O/c1-8-10(11(13)16-15-8)12(17)14-7-6-9-4-2-3-5-9/h4H,2-3,5-7H2,1H3,(H,14,17)(H3,13,15,16). The van der Waals surface area contributed by atoms with E-state index >= 15 is 0 Å². The highest BCUT2D eigenvalue weighted by molar-refractivity contribution is 5.99. The summed E-state index contributed by atoms with van der Waals surface area (Å²) in [4.78, 5) is 11.9. The number of anilines is 1. The zero-order chi connectivity index (χ0) is 12.3. The molecule has 1 aromatic rings. The van der Waals surface area contributed by atoms with Crippen molar-refractivity contribution in [2.45, 2.75) is 32.6 Å². The number of rotatable bonds is 4. The van der Waals surface area contributed by atoms with Gasteiger partial charge in [0.1, 0.15) is 5.56 Å². The van der Waals surface area contributed by atoms with Crippen molar-refractivity contribution in [3.63, 3.8) is 0 Å². The van der Waals surface area contributed by atoms with Crippen molar-refractivity contribution in [2.75, 3.05) is 12.3 Å². The molecule has 0 unspecified atom stereocenters. The summed E-state index contributed by atoms with van der Waals surface area (Å²) >= 11 is 0. The van der Waals surface area contributed by atoms with Crippen LogP contribution in [0.25, 0.3) is 0 Å². The fraction of sp³-hybridized carbons (Fsp3) is 0.500. The van der Waals surface area contributed by atoms with Crippen LogP contribution < -0.4 is 11.1 Å². The molecule has 1 aliphatic rings. The molecular weight excluding hydrogens is 216 g/mol. The Morgan fingerprint density at radius 3 is 3.06 bits per heavy atom. The fourth-order valence-electron chi connectivity index (χ4n) is 2.12. The number of carbonyl (C=O) groups is 1. The Morgan fingerprint density at radius 1 is 1.65 bits per heavy atom. The summed E-state index contributed by atoms with van der Waals surface area (Å²) in [5, 5.41) is 9.38. The first-order valence-electron chi connectivity index (χ1n) is 5.95. The predicted molar refractivity (Wildman–Crippen MR) is 66.6 cm³/mol. The number of hydrogen-bond acceptors (Lipinski definition) is 3. The molecule has 0 aliphatic heterocycles. The number of nitrogens with one attached hydrogen (secondary N) is 2. The maximum atomic E-state index is 11.9. The van der Waals surface area contributed by atoms with E-state index in [0.717, 1.165) is 6.42 Å². The van der Waals surface area contributed by atoms with Gasteiger partial charge in [0.25, 0.3) is 5.91 Å². The second kappa shape index (κ2) is 5.03. The van der Waals surface area contributed by atoms with Crippen LogP contribution in [0.15, 0.2) is 11.6 Å². The number of carbonyl (C=O) groups excluding carboxylic acids is 1. The van der Waals surface area contributed by atoms with Crippen molar-refractivity contribution in [1.82, 2.24) is 15.5 Å². The van der Waals surface area contributed by atoms with E-state index in [1.54, 1.807) is 6.92 Å². The second-order valence-corrected chi connectivity index (χ2v) is 4.37. The molecule has 1 aliphatic carbocycles. The Morgan fingerprint density at radius 2 is 2.47 bits per heavy atom. The third-order valence-electron chi connectivity index (χ3n) is 3.07. The summed E-state index contributed by atoms with van der Waals surface area (Å²) in [5.74, 6) is 0.118. The number of aromatic amines is 1. The molecule has 4 N–H and O–H groups in total. The third kappa shape index (κ3) is 2.67. The topological polar surface area (TPSA) is 83.8 Å². The Hall–Kier alpha value is -1.78. The average Bonchev–Trinajstić information content (AvgIpc) is 2.89. The number of aryl methyl sites for hydroxylation is 1. The first kappa shape index (κ1) is 11.7. The van der Waals surface area contributed by atoms with Gasteiger partial charge >= 0.3 is 0 Å². The number of aromatic nitrogens is 2. The van der Waals surface area contributed by atoms with E-state index in [4.69, 9.17) is 5.73 Å². The normalized spacial score (nSPS) is 14.8. The van der Waals surface area contributed by atoms with Crippen LogP contribution in [0, 0.1) is 6.92 Å². The minimum atomic E-state index is -0.146. The molecule has 0 spiro atoms. The van der Waals surface area contributed by atoms with Crippen LogP contribution in [0.4, 0.5) is 5.82 Å². The van der Waals surface area contributed by atoms with Gasteiger partial charge in [-0.15, -0.1) is 0 Å². The first-order valence-corrected chi connectivity index (χ1v) is 5.95. The van der Waals surface area contributed by atoms with Gasteiger partial charge in [0.15, 0.2) is 5.82 Å². The molecule has 17 heavy (non-hydrogen) atoms. The molecule has 5 heteroatoms. The van der Waals surface area contributed by atoms with Gasteiger partial charge in [-0.3, -0.25) is 9.89 Å². The van der Waals surface area contributed by atoms with Crippen LogP contribution in [0.2, 0.25) is 0 Å². The third-order valence-corrected chi connectivity index (χ3v) is 3.07. The summed E-state index contributed by atoms with van der Waals surface area (Å²) in [6.07, 6.45) is 6.79. The highest BCUT2D eigenvalue weighted by Gasteiger charge is 2.15. The van der Waals surface area contributed by atoms with E-state index in [1.807, 2.05) is 0 Å². The number of amides is 1. The first-order chi connectivity index (χ1) is 8.18. The molecule has 0 fully saturated rings. The second-order valence-electron chi connectivity index (χ2n) is 4.37. The molecule has 0 saturated heterocycles. The van der Waals surface area contributed by atoms with Crippen LogP contribution in [0.1, 0.15) is 41.7 Å². The van der Waals surface area contributed by atoms with Crippen LogP contribution in [0.3, 0.4) is 0 Å². The monoisotopic (exact) mass is 234 g/mol. The van der Waals surface area contributed by atoms with Crippen molar-refractivity contribution in [3.05, 3.63) is 22.9 Å². The zero-order valence-corrected chi connectivity index (χ0v) is 10.0. The van der Waals surface area contributed by atoms with E-state index < -0.39 is 0 Å². The molecule has 0 saturated carbocycles. The molecule has 1 amide bonds. The van der Waals surface area contributed by atoms with Crippen molar-refractivity contribution in [1.29, 1.82) is 0 Å². The number of nitrogen functional groups attached to an aromatic ring is 1. The van der Waals surface area contributed by atoms with Crippen molar-refractivity contribution >= 4 is 11.7 Å². The maximum absolute atomic E-state index is 11.9. The Kier molecular flexibility index (Phi) is 3.46. The van der Waals surface area contributed by atoms with Crippen molar-refractivity contribution in [3.8, 4) is 0 Å². The highest BCUT2D eigenvalue weighted by Crippen LogP contribution is 2.20. The molecule has 0 bridgehead atoms. The van der Waals surface area contributed by atoms with Crippen molar-refractivity contribution < 1.29 is 4.79 Å². The maximum Gasteiger partial charge on any atom is 0.256 e. The molecule has 2 rings (SSSR count). The number of H-pyrrole nitrogens is 1. The smallest absolute Gasteiger partial charge is 0.256 e. The molecule has 1 heterocycles. The molecule has 1 aromatic heterocycles. The van der Waals surface area contributed by atoms with Crippen LogP contribution >= 0.6 is 0 Å². The number of nitrogens with zero attached hydrogens (tertiary/aromatic N) is 1. The van der Waals surface area contributed by atoms with E-state index in [-0.39, 0.29) is 11.7 Å². The summed E-state index contributed by atoms with van der Waals surface area (Å²) in [5.41, 5.74) is 8.24. The van der Waals surface area contributed by atoms with Gasteiger partial charge in [-0.1, -0.05) is 11.6 Å². The SMILES string of the molecule is Cc1[nH]nc(N)c1C(=O)NCCC1=CCCC1. The molecule has 0 radical (unpaired) electrons. The van der Waals surface area contributed by atoms with Gasteiger partial charge in [-0.2, -0.15) is 5.10 Å². The lowest BCUT2D eigenvalue weighted by Gasteiger charge is -2.05. The van der Waals surface area contributed by atoms with Gasteiger partial charge in [-0.05, 0) is 32.6 Å². The summed E-state index contributed by atoms with van der Waals surface area (Å²) in [7, 11) is 0. The lowest BCUT2D eigenvalue weighted by Crippen LogP contribution is -2.25. The number of nitrogens with two attached hydrogens (primary N) is 1. The van der Waals surface area contributed by atoms with Gasteiger partial charge in [-0.25, -0.2) is 0 Å². The quantitative estimate of drug-likeness (QED) is 0.691. The Bertz CT molecular complexity index is 428. The van der Waals surface area contributed by atoms with Gasteiger partial charge in [0.05, 0.1) is 0 Å². The van der Waals surface area contributed by atoms with Crippen LogP contribution in [-0.2, 0) is 0 Å². The minimum Gasteiger partial charge on any atom is -0.382 e.